The molecule has 0 aliphatic carbocycles. The zero-order chi connectivity index (χ0) is 14.5. The van der Waals surface area contributed by atoms with Crippen LogP contribution in [-0.2, 0) is 9.47 Å². The Balaban J connectivity index is 2.07. The fourth-order valence-corrected chi connectivity index (χ4v) is 2.25. The molecule has 2 rings (SSSR count). The van der Waals surface area contributed by atoms with Crippen molar-refractivity contribution >= 4 is 11.7 Å². The third kappa shape index (κ3) is 3.42. The summed E-state index contributed by atoms with van der Waals surface area (Å²) < 4.78 is 15.8. The zero-order valence-electron chi connectivity index (χ0n) is 12.0. The van der Waals surface area contributed by atoms with Crippen molar-refractivity contribution in [1.29, 1.82) is 0 Å². The Kier molecular flexibility index (Phi) is 4.84. The summed E-state index contributed by atoms with van der Waals surface area (Å²) in [5, 5.41) is 0. The van der Waals surface area contributed by atoms with Crippen molar-refractivity contribution < 1.29 is 19.0 Å². The van der Waals surface area contributed by atoms with E-state index in [9.17, 15) is 4.79 Å². The number of rotatable bonds is 4. The molecule has 5 nitrogen and oxygen atoms in total. The number of methoxy groups -OCH3 is 1. The summed E-state index contributed by atoms with van der Waals surface area (Å²) in [6.45, 7) is 4.07. The summed E-state index contributed by atoms with van der Waals surface area (Å²) in [6.07, 6.45) is 2.02. The minimum Gasteiger partial charge on any atom is -0.493 e. The lowest BCUT2D eigenvalue weighted by Crippen LogP contribution is -2.21. The lowest BCUT2D eigenvalue weighted by molar-refractivity contribution is 0.0497. The van der Waals surface area contributed by atoms with Crippen LogP contribution in [0, 0.1) is 12.8 Å². The van der Waals surface area contributed by atoms with E-state index in [4.69, 9.17) is 19.9 Å². The van der Waals surface area contributed by atoms with Crippen LogP contribution in [0.15, 0.2) is 12.1 Å². The number of nitrogens with two attached hydrogens (primary N) is 1. The minimum atomic E-state index is -0.442. The van der Waals surface area contributed by atoms with Gasteiger partial charge in [-0.1, -0.05) is 0 Å². The number of carbonyl (C=O) groups excluding carboxylic acids is 1. The fourth-order valence-electron chi connectivity index (χ4n) is 2.25. The molecule has 0 spiro atoms. The summed E-state index contributed by atoms with van der Waals surface area (Å²) in [7, 11) is 1.34. The smallest absolute Gasteiger partial charge is 0.340 e. The Morgan fingerprint density at radius 1 is 1.40 bits per heavy atom. The predicted octanol–water partition coefficient (Wildman–Crippen LogP) is 2.17. The highest BCUT2D eigenvalue weighted by molar-refractivity contribution is 5.96. The number of aryl methyl sites for hydroxylation is 1. The van der Waals surface area contributed by atoms with Crippen LogP contribution in [0.2, 0.25) is 0 Å². The zero-order valence-corrected chi connectivity index (χ0v) is 12.0. The first-order valence-corrected chi connectivity index (χ1v) is 6.80. The van der Waals surface area contributed by atoms with Crippen molar-refractivity contribution in [3.05, 3.63) is 23.3 Å². The van der Waals surface area contributed by atoms with E-state index in [-0.39, 0.29) is 0 Å². The van der Waals surface area contributed by atoms with Gasteiger partial charge in [-0.05, 0) is 43.4 Å². The van der Waals surface area contributed by atoms with Crippen molar-refractivity contribution in [1.82, 2.24) is 0 Å². The SMILES string of the molecule is COC(=O)c1cc(OCC2CCOCC2)cc(C)c1N. The summed E-state index contributed by atoms with van der Waals surface area (Å²) in [6, 6.07) is 3.49. The fraction of sp³-hybridized carbons (Fsp3) is 0.533. The quantitative estimate of drug-likeness (QED) is 0.675. The molecule has 1 fully saturated rings. The van der Waals surface area contributed by atoms with Crippen LogP contribution in [0.25, 0.3) is 0 Å². The van der Waals surface area contributed by atoms with Crippen molar-refractivity contribution in [2.24, 2.45) is 5.92 Å². The summed E-state index contributed by atoms with van der Waals surface area (Å²) in [5.74, 6) is 0.717. The molecular formula is C15H21NO4. The molecule has 1 heterocycles. The monoisotopic (exact) mass is 279 g/mol. The van der Waals surface area contributed by atoms with Gasteiger partial charge in [-0.3, -0.25) is 0 Å². The molecule has 0 saturated carbocycles. The van der Waals surface area contributed by atoms with Crippen LogP contribution >= 0.6 is 0 Å². The molecule has 5 heteroatoms. The van der Waals surface area contributed by atoms with Gasteiger partial charge in [0.15, 0.2) is 0 Å². The molecule has 110 valence electrons. The molecule has 0 atom stereocenters. The molecule has 1 aromatic rings. The minimum absolute atomic E-state index is 0.356. The first kappa shape index (κ1) is 14.7. The Morgan fingerprint density at radius 2 is 2.10 bits per heavy atom. The Labute approximate surface area is 119 Å². The molecule has 0 unspecified atom stereocenters. The lowest BCUT2D eigenvalue weighted by atomic mass is 10.0. The maximum Gasteiger partial charge on any atom is 0.340 e. The molecule has 0 bridgehead atoms. The highest BCUT2D eigenvalue weighted by Gasteiger charge is 2.17. The average Bonchev–Trinajstić information content (AvgIpc) is 2.48. The maximum absolute atomic E-state index is 11.7. The number of nitrogen functional groups attached to an aromatic ring is 1. The number of carbonyl (C=O) groups is 1. The summed E-state index contributed by atoms with van der Waals surface area (Å²) >= 11 is 0. The van der Waals surface area contributed by atoms with Crippen molar-refractivity contribution in [2.75, 3.05) is 32.7 Å². The molecule has 2 N–H and O–H groups in total. The van der Waals surface area contributed by atoms with Crippen LogP contribution in [-0.4, -0.2) is 32.9 Å². The second-order valence-corrected chi connectivity index (χ2v) is 5.06. The summed E-state index contributed by atoms with van der Waals surface area (Å²) in [5.41, 5.74) is 7.50. The number of hydrogen-bond donors (Lipinski definition) is 1. The second-order valence-electron chi connectivity index (χ2n) is 5.06. The first-order chi connectivity index (χ1) is 9.61. The van der Waals surface area contributed by atoms with Crippen LogP contribution in [0.4, 0.5) is 5.69 Å². The molecule has 0 amide bonds. The van der Waals surface area contributed by atoms with Gasteiger partial charge in [0.2, 0.25) is 0 Å². The first-order valence-electron chi connectivity index (χ1n) is 6.80. The molecule has 1 aromatic carbocycles. The average molecular weight is 279 g/mol. The van der Waals surface area contributed by atoms with Gasteiger partial charge in [0.05, 0.1) is 19.3 Å². The van der Waals surface area contributed by atoms with E-state index in [0.717, 1.165) is 31.6 Å². The lowest BCUT2D eigenvalue weighted by Gasteiger charge is -2.22. The van der Waals surface area contributed by atoms with Crippen molar-refractivity contribution in [2.45, 2.75) is 19.8 Å². The van der Waals surface area contributed by atoms with E-state index < -0.39 is 5.97 Å². The van der Waals surface area contributed by atoms with Gasteiger partial charge < -0.3 is 19.9 Å². The number of hydrogen-bond acceptors (Lipinski definition) is 5. The Bertz CT molecular complexity index is 481. The van der Waals surface area contributed by atoms with E-state index in [0.29, 0.717) is 29.5 Å². The topological polar surface area (TPSA) is 70.8 Å². The van der Waals surface area contributed by atoms with Crippen molar-refractivity contribution in [3.63, 3.8) is 0 Å². The van der Waals surface area contributed by atoms with Crippen LogP contribution in [0.1, 0.15) is 28.8 Å². The van der Waals surface area contributed by atoms with Crippen LogP contribution in [0.3, 0.4) is 0 Å². The summed E-state index contributed by atoms with van der Waals surface area (Å²) in [4.78, 5) is 11.7. The van der Waals surface area contributed by atoms with Gasteiger partial charge in [0.25, 0.3) is 0 Å². The van der Waals surface area contributed by atoms with Crippen LogP contribution in [0.5, 0.6) is 5.75 Å². The largest absolute Gasteiger partial charge is 0.493 e. The van der Waals surface area contributed by atoms with Gasteiger partial charge in [-0.2, -0.15) is 0 Å². The molecule has 20 heavy (non-hydrogen) atoms. The molecule has 0 radical (unpaired) electrons. The van der Waals surface area contributed by atoms with E-state index in [1.165, 1.54) is 7.11 Å². The molecule has 1 saturated heterocycles. The Hall–Kier alpha value is -1.75. The van der Waals surface area contributed by atoms with Gasteiger partial charge >= 0.3 is 5.97 Å². The number of benzene rings is 1. The van der Waals surface area contributed by atoms with Crippen molar-refractivity contribution in [3.8, 4) is 5.75 Å². The highest BCUT2D eigenvalue weighted by Crippen LogP contribution is 2.26. The standard InChI is InChI=1S/C15H21NO4/c1-10-7-12(8-13(14(10)16)15(17)18-2)20-9-11-3-5-19-6-4-11/h7-8,11H,3-6,9,16H2,1-2H3. The van der Waals surface area contributed by atoms with Crippen LogP contribution < -0.4 is 10.5 Å². The van der Waals surface area contributed by atoms with Gasteiger partial charge in [0, 0.05) is 18.9 Å². The molecule has 0 aromatic heterocycles. The third-order valence-corrected chi connectivity index (χ3v) is 3.59. The van der Waals surface area contributed by atoms with E-state index in [1.807, 2.05) is 13.0 Å². The highest BCUT2D eigenvalue weighted by atomic mass is 16.5. The van der Waals surface area contributed by atoms with E-state index in [1.54, 1.807) is 6.07 Å². The predicted molar refractivity (Wildman–Crippen MR) is 76.0 cm³/mol. The van der Waals surface area contributed by atoms with Gasteiger partial charge in [-0.15, -0.1) is 0 Å². The van der Waals surface area contributed by atoms with Gasteiger partial charge in [0.1, 0.15) is 5.75 Å². The molecule has 1 aliphatic heterocycles. The van der Waals surface area contributed by atoms with E-state index >= 15 is 0 Å². The molecular weight excluding hydrogens is 258 g/mol. The second kappa shape index (κ2) is 6.61. The van der Waals surface area contributed by atoms with Gasteiger partial charge in [-0.25, -0.2) is 4.79 Å². The molecule has 1 aliphatic rings. The maximum atomic E-state index is 11.7. The number of ether oxygens (including phenoxy) is 3. The van der Waals surface area contributed by atoms with E-state index in [2.05, 4.69) is 0 Å². The number of esters is 1. The Morgan fingerprint density at radius 3 is 2.75 bits per heavy atom. The number of anilines is 1. The third-order valence-electron chi connectivity index (χ3n) is 3.59. The normalized spacial score (nSPS) is 15.9.